The van der Waals surface area contributed by atoms with Crippen LogP contribution in [0.1, 0.15) is 0 Å². The van der Waals surface area contributed by atoms with Crippen molar-refractivity contribution in [3.8, 4) is 0 Å². The first kappa shape index (κ1) is 6.00. The molecular weight excluding hydrogens is 128 g/mol. The molecule has 0 aromatic carbocycles. The molecule has 0 aliphatic carbocycles. The Kier molecular flexibility index (Phi) is 1.33. The Hall–Kier alpha value is -1.13. The molecule has 50 valence electrons. The third kappa shape index (κ3) is 0.984. The molecule has 9 heavy (non-hydrogen) atoms. The van der Waals surface area contributed by atoms with Crippen LogP contribution in [0.4, 0.5) is 8.87 Å². The fourth-order valence-corrected chi connectivity index (χ4v) is 0.479. The predicted molar refractivity (Wildman–Crippen MR) is 27.9 cm³/mol. The van der Waals surface area contributed by atoms with Gasteiger partial charge in [-0.15, -0.1) is 0 Å². The van der Waals surface area contributed by atoms with E-state index in [9.17, 15) is 8.87 Å². The van der Waals surface area contributed by atoms with Gasteiger partial charge in [0.05, 0.1) is 0 Å². The van der Waals surface area contributed by atoms with Gasteiger partial charge in [0.15, 0.2) is 11.7 Å². The van der Waals surface area contributed by atoms with Crippen LogP contribution in [0.25, 0.3) is 0 Å². The van der Waals surface area contributed by atoms with Crippen molar-refractivity contribution < 1.29 is 8.87 Å². The smallest absolute Gasteiger partial charge is 0.189 e. The Morgan fingerprint density at radius 2 is 2.44 bits per heavy atom. The Balaban J connectivity index is 2.74. The van der Waals surface area contributed by atoms with Gasteiger partial charge in [0.25, 0.3) is 0 Å². The summed E-state index contributed by atoms with van der Waals surface area (Å²) in [7, 11) is 0. The van der Waals surface area contributed by atoms with Crippen LogP contribution >= 0.6 is 0 Å². The highest BCUT2D eigenvalue weighted by molar-refractivity contribution is 5.93. The van der Waals surface area contributed by atoms with Gasteiger partial charge in [0, 0.05) is 6.20 Å². The molecule has 0 atom stereocenters. The zero-order valence-corrected chi connectivity index (χ0v) is 4.49. The molecule has 0 saturated carbocycles. The van der Waals surface area contributed by atoms with Gasteiger partial charge in [0.2, 0.25) is 0 Å². The van der Waals surface area contributed by atoms with Crippen LogP contribution in [0.5, 0.6) is 0 Å². The van der Waals surface area contributed by atoms with E-state index in [1.54, 1.807) is 0 Å². The highest BCUT2D eigenvalue weighted by Gasteiger charge is 2.16. The number of amidine groups is 1. The number of hydrogen-bond donors (Lipinski definition) is 2. The minimum absolute atomic E-state index is 0.0185. The molecule has 0 fully saturated rings. The van der Waals surface area contributed by atoms with Crippen molar-refractivity contribution in [2.45, 2.75) is 0 Å². The fourth-order valence-electron chi connectivity index (χ4n) is 0.479. The molecule has 3 nitrogen and oxygen atoms in total. The summed E-state index contributed by atoms with van der Waals surface area (Å²) >= 11 is 0. The Bertz CT molecular complexity index is 165. The first-order valence-corrected chi connectivity index (χ1v) is 2.33. The third-order valence-corrected chi connectivity index (χ3v) is 0.928. The van der Waals surface area contributed by atoms with Crippen LogP contribution in [0, 0.1) is 5.41 Å². The second-order valence-corrected chi connectivity index (χ2v) is 1.57. The number of rotatable bonds is 0. The molecule has 1 aliphatic rings. The third-order valence-electron chi connectivity index (χ3n) is 0.928. The van der Waals surface area contributed by atoms with Gasteiger partial charge in [0.1, 0.15) is 6.67 Å². The van der Waals surface area contributed by atoms with Crippen molar-refractivity contribution in [2.24, 2.45) is 0 Å². The van der Waals surface area contributed by atoms with E-state index in [1.807, 2.05) is 0 Å². The Labute approximate surface area is 50.4 Å². The molecule has 0 amide bonds. The lowest BCUT2D eigenvalue weighted by atomic mass is 10.4. The van der Waals surface area contributed by atoms with Crippen molar-refractivity contribution >= 4 is 5.84 Å². The summed E-state index contributed by atoms with van der Waals surface area (Å²) in [4.78, 5) is 0. The lowest BCUT2D eigenvalue weighted by Crippen LogP contribution is -2.35. The fraction of sp³-hybridized carbons (Fsp3) is 0.250. The molecule has 0 radical (unpaired) electrons. The van der Waals surface area contributed by atoms with Crippen molar-refractivity contribution in [2.75, 3.05) is 6.67 Å². The molecular formula is C4H5F2N3. The predicted octanol–water partition coefficient (Wildman–Crippen LogP) is 0.522. The first-order valence-electron chi connectivity index (χ1n) is 2.33. The molecule has 1 heterocycles. The minimum Gasteiger partial charge on any atom is -0.369 e. The number of halogens is 2. The quantitative estimate of drug-likeness (QED) is 0.473. The topological polar surface area (TPSA) is 39.1 Å². The van der Waals surface area contributed by atoms with Crippen molar-refractivity contribution in [1.82, 2.24) is 10.4 Å². The maximum Gasteiger partial charge on any atom is 0.189 e. The van der Waals surface area contributed by atoms with Gasteiger partial charge in [-0.1, -0.05) is 4.48 Å². The summed E-state index contributed by atoms with van der Waals surface area (Å²) in [6.07, 6.45) is 0.957. The summed E-state index contributed by atoms with van der Waals surface area (Å²) < 4.78 is 24.2. The standard InChI is InChI=1S/C4H5F2N3/c5-3-1-8-2-9(6)4(3)7/h1,7-8H,2H2. The maximum atomic E-state index is 12.1. The van der Waals surface area contributed by atoms with Crippen LogP contribution in [0.15, 0.2) is 12.0 Å². The average Bonchev–Trinajstić information content (AvgIpc) is 1.83. The summed E-state index contributed by atoms with van der Waals surface area (Å²) in [5, 5.41) is 8.94. The normalized spacial score (nSPS) is 19.1. The zero-order valence-electron chi connectivity index (χ0n) is 4.49. The van der Waals surface area contributed by atoms with Crippen LogP contribution in [0.2, 0.25) is 0 Å². The molecule has 1 rings (SSSR count). The van der Waals surface area contributed by atoms with Crippen LogP contribution in [0.3, 0.4) is 0 Å². The van der Waals surface area contributed by atoms with Gasteiger partial charge < -0.3 is 5.32 Å². The van der Waals surface area contributed by atoms with Crippen molar-refractivity contribution in [3.63, 3.8) is 0 Å². The molecule has 2 N–H and O–H groups in total. The summed E-state index contributed by atoms with van der Waals surface area (Å²) in [6.45, 7) is -0.160. The van der Waals surface area contributed by atoms with Crippen molar-refractivity contribution in [1.29, 1.82) is 5.41 Å². The second-order valence-electron chi connectivity index (χ2n) is 1.57. The molecule has 0 saturated heterocycles. The van der Waals surface area contributed by atoms with E-state index in [0.717, 1.165) is 6.20 Å². The molecule has 1 aliphatic heterocycles. The molecule has 0 aromatic rings. The summed E-state index contributed by atoms with van der Waals surface area (Å²) in [5.74, 6) is -1.61. The van der Waals surface area contributed by atoms with E-state index in [4.69, 9.17) is 5.41 Å². The zero-order chi connectivity index (χ0) is 6.85. The number of nitrogens with zero attached hydrogens (tertiary/aromatic N) is 1. The van der Waals surface area contributed by atoms with E-state index in [2.05, 4.69) is 5.32 Å². The maximum absolute atomic E-state index is 12.1. The van der Waals surface area contributed by atoms with Crippen LogP contribution in [-0.4, -0.2) is 17.6 Å². The molecule has 0 bridgehead atoms. The summed E-state index contributed by atoms with van der Waals surface area (Å²) in [5.41, 5.74) is 0. The van der Waals surface area contributed by atoms with Gasteiger partial charge in [-0.05, 0) is 0 Å². The van der Waals surface area contributed by atoms with E-state index < -0.39 is 11.7 Å². The molecule has 0 unspecified atom stereocenters. The molecule has 0 aromatic heterocycles. The minimum atomic E-state index is -0.885. The average molecular weight is 133 g/mol. The number of hydrogen-bond acceptors (Lipinski definition) is 2. The van der Waals surface area contributed by atoms with Gasteiger partial charge in [-0.3, -0.25) is 5.41 Å². The lowest BCUT2D eigenvalue weighted by molar-refractivity contribution is 0.107. The molecule has 5 heteroatoms. The summed E-state index contributed by atoms with van der Waals surface area (Å²) in [6, 6.07) is 0. The van der Waals surface area contributed by atoms with Crippen LogP contribution in [-0.2, 0) is 0 Å². The first-order chi connectivity index (χ1) is 4.22. The lowest BCUT2D eigenvalue weighted by Gasteiger charge is -2.17. The highest BCUT2D eigenvalue weighted by Crippen LogP contribution is 2.06. The van der Waals surface area contributed by atoms with Gasteiger partial charge in [-0.2, -0.15) is 5.12 Å². The van der Waals surface area contributed by atoms with E-state index >= 15 is 0 Å². The van der Waals surface area contributed by atoms with Crippen LogP contribution < -0.4 is 5.32 Å². The van der Waals surface area contributed by atoms with E-state index in [0.29, 0.717) is 0 Å². The van der Waals surface area contributed by atoms with Gasteiger partial charge in [-0.25, -0.2) is 4.39 Å². The van der Waals surface area contributed by atoms with Gasteiger partial charge >= 0.3 is 0 Å². The number of nitrogens with one attached hydrogen (secondary N) is 2. The Morgan fingerprint density at radius 1 is 1.78 bits per heavy atom. The molecule has 0 spiro atoms. The van der Waals surface area contributed by atoms with E-state index in [-0.39, 0.29) is 11.8 Å². The SMILES string of the molecule is N=C1C(F)=CNCN1F. The van der Waals surface area contributed by atoms with Crippen molar-refractivity contribution in [3.05, 3.63) is 12.0 Å². The largest absolute Gasteiger partial charge is 0.369 e. The second kappa shape index (κ2) is 2.00. The Morgan fingerprint density at radius 3 is 2.89 bits per heavy atom. The monoisotopic (exact) mass is 133 g/mol. The van der Waals surface area contributed by atoms with E-state index in [1.165, 1.54) is 0 Å². The highest BCUT2D eigenvalue weighted by atomic mass is 19.2.